The van der Waals surface area contributed by atoms with Gasteiger partial charge < -0.3 is 10.4 Å². The Morgan fingerprint density at radius 3 is 2.44 bits per heavy atom. The van der Waals surface area contributed by atoms with Crippen molar-refractivity contribution in [1.82, 2.24) is 5.32 Å². The minimum atomic E-state index is -0.916. The lowest BCUT2D eigenvalue weighted by molar-refractivity contribution is -0.139. The van der Waals surface area contributed by atoms with Crippen molar-refractivity contribution in [3.63, 3.8) is 0 Å². The van der Waals surface area contributed by atoms with Gasteiger partial charge in [0.15, 0.2) is 0 Å². The second kappa shape index (κ2) is 6.51. The molecule has 1 fully saturated rings. The van der Waals surface area contributed by atoms with Crippen LogP contribution in [0.25, 0.3) is 0 Å². The average molecular weight is 227 g/mol. The lowest BCUT2D eigenvalue weighted by Gasteiger charge is -2.28. The molecule has 0 spiro atoms. The van der Waals surface area contributed by atoms with E-state index in [0.717, 1.165) is 0 Å². The maximum atomic E-state index is 11.4. The molecule has 16 heavy (non-hydrogen) atoms. The number of hydrogen-bond donors (Lipinski definition) is 2. The van der Waals surface area contributed by atoms with Gasteiger partial charge in [0.1, 0.15) is 0 Å². The zero-order chi connectivity index (χ0) is 12.0. The number of carboxylic acids is 1. The van der Waals surface area contributed by atoms with Crippen LogP contribution in [0.5, 0.6) is 0 Å². The Bertz CT molecular complexity index is 247. The van der Waals surface area contributed by atoms with Gasteiger partial charge in [-0.2, -0.15) is 0 Å². The highest BCUT2D eigenvalue weighted by Crippen LogP contribution is 2.26. The second-order valence-electron chi connectivity index (χ2n) is 4.65. The summed E-state index contributed by atoms with van der Waals surface area (Å²) in [4.78, 5) is 21.7. The fraction of sp³-hybridized carbons (Fsp3) is 0.833. The van der Waals surface area contributed by atoms with Gasteiger partial charge in [-0.25, -0.2) is 0 Å². The van der Waals surface area contributed by atoms with Crippen molar-refractivity contribution in [3.05, 3.63) is 0 Å². The Hall–Kier alpha value is -1.06. The molecule has 0 saturated heterocycles. The van der Waals surface area contributed by atoms with Gasteiger partial charge in [-0.3, -0.25) is 9.59 Å². The van der Waals surface area contributed by atoms with Crippen LogP contribution >= 0.6 is 0 Å². The zero-order valence-corrected chi connectivity index (χ0v) is 9.87. The highest BCUT2D eigenvalue weighted by atomic mass is 16.4. The van der Waals surface area contributed by atoms with E-state index in [1.54, 1.807) is 0 Å². The summed E-state index contributed by atoms with van der Waals surface area (Å²) in [6.07, 6.45) is 6.17. The molecule has 0 aliphatic heterocycles. The molecule has 0 aromatic heterocycles. The highest BCUT2D eigenvalue weighted by molar-refractivity contribution is 5.80. The topological polar surface area (TPSA) is 66.4 Å². The Balaban J connectivity index is 2.23. The fourth-order valence-electron chi connectivity index (χ4n) is 2.30. The van der Waals surface area contributed by atoms with Gasteiger partial charge in [-0.05, 0) is 25.7 Å². The average Bonchev–Trinajstić information content (AvgIpc) is 2.27. The smallest absolute Gasteiger partial charge is 0.303 e. The molecule has 0 radical (unpaired) electrons. The molecule has 4 nitrogen and oxygen atoms in total. The Labute approximate surface area is 96.4 Å². The molecule has 1 rings (SSSR count). The third-order valence-corrected chi connectivity index (χ3v) is 3.31. The van der Waals surface area contributed by atoms with Gasteiger partial charge in [0, 0.05) is 12.5 Å². The standard InChI is InChI=1S/C12H21NO3/c1-9(10-5-3-2-4-6-10)13-11(14)7-8-12(15)16/h9-10H,2-8H2,1H3,(H,13,14)(H,15,16). The van der Waals surface area contributed by atoms with Gasteiger partial charge in [-0.15, -0.1) is 0 Å². The molecule has 1 amide bonds. The molecule has 0 aromatic carbocycles. The zero-order valence-electron chi connectivity index (χ0n) is 9.87. The van der Waals surface area contributed by atoms with E-state index in [9.17, 15) is 9.59 Å². The number of rotatable bonds is 5. The van der Waals surface area contributed by atoms with E-state index in [-0.39, 0.29) is 24.8 Å². The lowest BCUT2D eigenvalue weighted by Crippen LogP contribution is -2.38. The molecule has 0 bridgehead atoms. The highest BCUT2D eigenvalue weighted by Gasteiger charge is 2.21. The molecule has 2 N–H and O–H groups in total. The van der Waals surface area contributed by atoms with Crippen molar-refractivity contribution < 1.29 is 14.7 Å². The monoisotopic (exact) mass is 227 g/mol. The maximum absolute atomic E-state index is 11.4. The van der Waals surface area contributed by atoms with Crippen molar-refractivity contribution >= 4 is 11.9 Å². The molecule has 0 heterocycles. The first-order valence-corrected chi connectivity index (χ1v) is 6.10. The van der Waals surface area contributed by atoms with Crippen LogP contribution in [0, 0.1) is 5.92 Å². The Morgan fingerprint density at radius 2 is 1.88 bits per heavy atom. The van der Waals surface area contributed by atoms with Crippen molar-refractivity contribution in [1.29, 1.82) is 0 Å². The first-order valence-electron chi connectivity index (χ1n) is 6.10. The molecule has 4 heteroatoms. The maximum Gasteiger partial charge on any atom is 0.303 e. The van der Waals surface area contributed by atoms with Crippen LogP contribution in [-0.4, -0.2) is 23.0 Å². The molecule has 92 valence electrons. The molecule has 1 unspecified atom stereocenters. The largest absolute Gasteiger partial charge is 0.481 e. The minimum absolute atomic E-state index is 0.0801. The summed E-state index contributed by atoms with van der Waals surface area (Å²) in [5.74, 6) is -0.483. The summed E-state index contributed by atoms with van der Waals surface area (Å²) >= 11 is 0. The second-order valence-corrected chi connectivity index (χ2v) is 4.65. The van der Waals surface area contributed by atoms with E-state index in [0.29, 0.717) is 5.92 Å². The Kier molecular flexibility index (Phi) is 5.29. The van der Waals surface area contributed by atoms with Gasteiger partial charge in [0.05, 0.1) is 6.42 Å². The molecular weight excluding hydrogens is 206 g/mol. The first-order chi connectivity index (χ1) is 7.59. The lowest BCUT2D eigenvalue weighted by atomic mass is 9.84. The number of amides is 1. The predicted octanol–water partition coefficient (Wildman–Crippen LogP) is 1.94. The van der Waals surface area contributed by atoms with Crippen molar-refractivity contribution in [3.8, 4) is 0 Å². The van der Waals surface area contributed by atoms with Crippen LogP contribution in [0.1, 0.15) is 51.9 Å². The number of nitrogens with one attached hydrogen (secondary N) is 1. The Morgan fingerprint density at radius 1 is 1.25 bits per heavy atom. The van der Waals surface area contributed by atoms with Crippen molar-refractivity contribution in [2.75, 3.05) is 0 Å². The fourth-order valence-corrected chi connectivity index (χ4v) is 2.30. The number of aliphatic carboxylic acids is 1. The third-order valence-electron chi connectivity index (χ3n) is 3.31. The van der Waals surface area contributed by atoms with E-state index < -0.39 is 5.97 Å². The summed E-state index contributed by atoms with van der Waals surface area (Å²) in [7, 11) is 0. The summed E-state index contributed by atoms with van der Waals surface area (Å²) in [5.41, 5.74) is 0. The first kappa shape index (κ1) is 13.0. The van der Waals surface area contributed by atoms with Crippen LogP contribution < -0.4 is 5.32 Å². The summed E-state index contributed by atoms with van der Waals surface area (Å²) in [6, 6.07) is 0.182. The molecule has 1 atom stereocenters. The van der Waals surface area contributed by atoms with Crippen LogP contribution in [0.4, 0.5) is 0 Å². The van der Waals surface area contributed by atoms with E-state index in [1.165, 1.54) is 32.1 Å². The molecule has 1 saturated carbocycles. The molecule has 1 aliphatic rings. The van der Waals surface area contributed by atoms with E-state index >= 15 is 0 Å². The van der Waals surface area contributed by atoms with Gasteiger partial charge in [0.25, 0.3) is 0 Å². The van der Waals surface area contributed by atoms with E-state index in [2.05, 4.69) is 5.32 Å². The minimum Gasteiger partial charge on any atom is -0.481 e. The van der Waals surface area contributed by atoms with Gasteiger partial charge in [0.2, 0.25) is 5.91 Å². The normalized spacial score (nSPS) is 19.1. The number of carbonyl (C=O) groups is 2. The van der Waals surface area contributed by atoms with Crippen LogP contribution in [0.3, 0.4) is 0 Å². The number of carbonyl (C=O) groups excluding carboxylic acids is 1. The van der Waals surface area contributed by atoms with Crippen molar-refractivity contribution in [2.45, 2.75) is 57.9 Å². The molecular formula is C12H21NO3. The number of carboxylic acid groups (broad SMARTS) is 1. The predicted molar refractivity (Wildman–Crippen MR) is 61.0 cm³/mol. The molecule has 0 aromatic rings. The summed E-state index contributed by atoms with van der Waals surface area (Å²) in [6.45, 7) is 2.02. The summed E-state index contributed by atoms with van der Waals surface area (Å²) in [5, 5.41) is 11.4. The van der Waals surface area contributed by atoms with Crippen LogP contribution in [-0.2, 0) is 9.59 Å². The third kappa shape index (κ3) is 4.64. The van der Waals surface area contributed by atoms with Crippen molar-refractivity contribution in [2.24, 2.45) is 5.92 Å². The SMILES string of the molecule is CC(NC(=O)CCC(=O)O)C1CCCCC1. The molecule has 1 aliphatic carbocycles. The summed E-state index contributed by atoms with van der Waals surface area (Å²) < 4.78 is 0. The van der Waals surface area contributed by atoms with Crippen LogP contribution in [0.2, 0.25) is 0 Å². The van der Waals surface area contributed by atoms with Gasteiger partial charge >= 0.3 is 5.97 Å². The quantitative estimate of drug-likeness (QED) is 0.754. The van der Waals surface area contributed by atoms with Crippen LogP contribution in [0.15, 0.2) is 0 Å². The van der Waals surface area contributed by atoms with Gasteiger partial charge in [-0.1, -0.05) is 19.3 Å². The van der Waals surface area contributed by atoms with E-state index in [4.69, 9.17) is 5.11 Å². The number of hydrogen-bond acceptors (Lipinski definition) is 2. The van der Waals surface area contributed by atoms with E-state index in [1.807, 2.05) is 6.92 Å².